The van der Waals surface area contributed by atoms with Crippen LogP contribution in [0.3, 0.4) is 0 Å². The number of carbonyl (C=O) groups excluding carboxylic acids is 1. The molecule has 3 rings (SSSR count). The van der Waals surface area contributed by atoms with Gasteiger partial charge in [0.1, 0.15) is 5.69 Å². The van der Waals surface area contributed by atoms with Crippen molar-refractivity contribution in [3.63, 3.8) is 0 Å². The van der Waals surface area contributed by atoms with Gasteiger partial charge in [-0.2, -0.15) is 9.78 Å². The van der Waals surface area contributed by atoms with E-state index in [0.717, 1.165) is 23.0 Å². The maximum absolute atomic E-state index is 12.0. The number of nitro groups is 1. The number of nitro benzene ring substituents is 1. The van der Waals surface area contributed by atoms with Crippen LogP contribution in [0.15, 0.2) is 58.8 Å². The molecule has 1 aromatic heterocycles. The van der Waals surface area contributed by atoms with E-state index in [1.165, 1.54) is 23.7 Å². The van der Waals surface area contributed by atoms with Gasteiger partial charge in [0.2, 0.25) is 5.16 Å². The summed E-state index contributed by atoms with van der Waals surface area (Å²) >= 11 is 0.958. The Kier molecular flexibility index (Phi) is 5.75. The molecule has 0 unspecified atom stereocenters. The smallest absolute Gasteiger partial charge is 0.292 e. The molecular weight excluding hydrogens is 382 g/mol. The number of nitrogens with one attached hydrogen (secondary N) is 1. The van der Waals surface area contributed by atoms with Crippen LogP contribution in [0.5, 0.6) is 0 Å². The van der Waals surface area contributed by atoms with E-state index >= 15 is 0 Å². The SMILES string of the molecule is CC(=O)/C(=N\Nc1ccccc1[N+](=O)[O-])Sc1nnnn1-c1ccc(C)cc1. The van der Waals surface area contributed by atoms with Crippen molar-refractivity contribution in [2.75, 3.05) is 5.43 Å². The Balaban J connectivity index is 1.86. The van der Waals surface area contributed by atoms with E-state index in [1.54, 1.807) is 12.1 Å². The molecule has 1 N–H and O–H groups in total. The fourth-order valence-corrected chi connectivity index (χ4v) is 2.90. The number of tetrazole rings is 1. The number of hydrogen-bond acceptors (Lipinski definition) is 9. The molecule has 0 saturated carbocycles. The number of aryl methyl sites for hydroxylation is 1. The van der Waals surface area contributed by atoms with Crippen LogP contribution in [0.2, 0.25) is 0 Å². The predicted molar refractivity (Wildman–Crippen MR) is 105 cm³/mol. The fraction of sp³-hybridized carbons (Fsp3) is 0.118. The molecule has 0 amide bonds. The van der Waals surface area contributed by atoms with Gasteiger partial charge in [0.25, 0.3) is 5.69 Å². The third kappa shape index (κ3) is 4.38. The second-order valence-corrected chi connectivity index (χ2v) is 6.63. The Hall–Kier alpha value is -3.60. The summed E-state index contributed by atoms with van der Waals surface area (Å²) in [7, 11) is 0. The standard InChI is InChI=1S/C17H15N7O3S/c1-11-7-9-13(10-8-11)23-17(20-21-22-23)28-16(12(2)25)19-18-14-5-3-4-6-15(14)24(26)27/h3-10,18H,1-2H3/b19-16+. The number of Topliss-reactive ketones (excluding diaryl/α,β-unsaturated/α-hetero) is 1. The van der Waals surface area contributed by atoms with Crippen LogP contribution < -0.4 is 5.43 Å². The third-order valence-corrected chi connectivity index (χ3v) is 4.60. The molecule has 0 atom stereocenters. The Morgan fingerprint density at radius 1 is 1.21 bits per heavy atom. The van der Waals surface area contributed by atoms with Crippen LogP contribution >= 0.6 is 11.8 Å². The number of rotatable bonds is 6. The molecule has 2 aromatic carbocycles. The highest BCUT2D eigenvalue weighted by Crippen LogP contribution is 2.25. The lowest BCUT2D eigenvalue weighted by molar-refractivity contribution is -0.384. The summed E-state index contributed by atoms with van der Waals surface area (Å²) in [5.74, 6) is -0.338. The molecule has 0 fully saturated rings. The van der Waals surface area contributed by atoms with Gasteiger partial charge >= 0.3 is 0 Å². The molecule has 0 aliphatic rings. The van der Waals surface area contributed by atoms with Crippen molar-refractivity contribution in [3.05, 3.63) is 64.2 Å². The first-order valence-corrected chi connectivity index (χ1v) is 8.88. The van der Waals surface area contributed by atoms with E-state index in [0.29, 0.717) is 5.16 Å². The molecule has 11 heteroatoms. The summed E-state index contributed by atoms with van der Waals surface area (Å²) in [6.45, 7) is 3.31. The van der Waals surface area contributed by atoms with Gasteiger partial charge in [0, 0.05) is 13.0 Å². The molecule has 142 valence electrons. The first kappa shape index (κ1) is 19.2. The molecule has 1 heterocycles. The van der Waals surface area contributed by atoms with Crippen LogP contribution in [-0.4, -0.2) is 36.0 Å². The van der Waals surface area contributed by atoms with Gasteiger partial charge in [0.15, 0.2) is 10.8 Å². The average Bonchev–Trinajstić information content (AvgIpc) is 3.13. The monoisotopic (exact) mass is 397 g/mol. The van der Waals surface area contributed by atoms with Crippen molar-refractivity contribution < 1.29 is 9.72 Å². The minimum atomic E-state index is -0.531. The van der Waals surface area contributed by atoms with Crippen LogP contribution in [0.1, 0.15) is 12.5 Å². The zero-order chi connectivity index (χ0) is 20.1. The van der Waals surface area contributed by atoms with Crippen molar-refractivity contribution in [2.24, 2.45) is 5.10 Å². The molecule has 28 heavy (non-hydrogen) atoms. The molecule has 10 nitrogen and oxygen atoms in total. The van der Waals surface area contributed by atoms with E-state index < -0.39 is 4.92 Å². The topological polar surface area (TPSA) is 128 Å². The minimum absolute atomic E-state index is 0.0568. The minimum Gasteiger partial charge on any atom is -0.292 e. The van der Waals surface area contributed by atoms with Crippen molar-refractivity contribution in [2.45, 2.75) is 19.0 Å². The summed E-state index contributed by atoms with van der Waals surface area (Å²) in [5, 5.41) is 27.0. The maximum atomic E-state index is 12.0. The van der Waals surface area contributed by atoms with Gasteiger partial charge in [-0.05, 0) is 47.3 Å². The number of ketones is 1. The van der Waals surface area contributed by atoms with E-state index in [-0.39, 0.29) is 22.2 Å². The quantitative estimate of drug-likeness (QED) is 0.221. The van der Waals surface area contributed by atoms with E-state index in [1.807, 2.05) is 31.2 Å². The van der Waals surface area contributed by atoms with Crippen LogP contribution in [-0.2, 0) is 4.79 Å². The second kappa shape index (κ2) is 8.39. The summed E-state index contributed by atoms with van der Waals surface area (Å²) in [4.78, 5) is 22.6. The lowest BCUT2D eigenvalue weighted by atomic mass is 10.2. The Labute approximate surface area is 163 Å². The third-order valence-electron chi connectivity index (χ3n) is 3.59. The van der Waals surface area contributed by atoms with Crippen molar-refractivity contribution in [1.82, 2.24) is 20.2 Å². The zero-order valence-electron chi connectivity index (χ0n) is 14.9. The van der Waals surface area contributed by atoms with E-state index in [9.17, 15) is 14.9 Å². The van der Waals surface area contributed by atoms with Crippen LogP contribution in [0, 0.1) is 17.0 Å². The molecule has 0 radical (unpaired) electrons. The van der Waals surface area contributed by atoms with Gasteiger partial charge in [-0.15, -0.1) is 5.10 Å². The second-order valence-electron chi connectivity index (χ2n) is 5.67. The number of benzene rings is 2. The van der Waals surface area contributed by atoms with Crippen LogP contribution in [0.25, 0.3) is 5.69 Å². The number of hydrogen-bond donors (Lipinski definition) is 1. The number of aromatic nitrogens is 4. The number of anilines is 1. The summed E-state index contributed by atoms with van der Waals surface area (Å²) < 4.78 is 1.48. The van der Waals surface area contributed by atoms with E-state index in [4.69, 9.17) is 0 Å². The number of carbonyl (C=O) groups is 1. The number of thioether (sulfide) groups is 1. The summed E-state index contributed by atoms with van der Waals surface area (Å²) in [6, 6.07) is 13.6. The van der Waals surface area contributed by atoms with Gasteiger partial charge in [0.05, 0.1) is 10.6 Å². The highest BCUT2D eigenvalue weighted by atomic mass is 32.2. The highest BCUT2D eigenvalue weighted by molar-refractivity contribution is 8.15. The summed E-state index contributed by atoms with van der Waals surface area (Å²) in [6.07, 6.45) is 0. The molecule has 0 aliphatic heterocycles. The maximum Gasteiger partial charge on any atom is 0.294 e. The number of nitrogens with zero attached hydrogens (tertiary/aromatic N) is 6. The molecular formula is C17H15N7O3S. The van der Waals surface area contributed by atoms with Gasteiger partial charge < -0.3 is 0 Å². The van der Waals surface area contributed by atoms with Crippen molar-refractivity contribution in [1.29, 1.82) is 0 Å². The fourth-order valence-electron chi connectivity index (χ4n) is 2.19. The molecule has 0 bridgehead atoms. The Morgan fingerprint density at radius 2 is 1.93 bits per heavy atom. The van der Waals surface area contributed by atoms with Gasteiger partial charge in [-0.1, -0.05) is 29.8 Å². The lowest BCUT2D eigenvalue weighted by Crippen LogP contribution is -2.10. The molecule has 0 saturated heterocycles. The van der Waals surface area contributed by atoms with Crippen LogP contribution in [0.4, 0.5) is 11.4 Å². The predicted octanol–water partition coefficient (Wildman–Crippen LogP) is 2.99. The average molecular weight is 397 g/mol. The number of hydrazone groups is 1. The molecule has 0 aliphatic carbocycles. The largest absolute Gasteiger partial charge is 0.294 e. The lowest BCUT2D eigenvalue weighted by Gasteiger charge is -2.06. The Morgan fingerprint density at radius 3 is 2.61 bits per heavy atom. The normalized spacial score (nSPS) is 11.3. The first-order valence-electron chi connectivity index (χ1n) is 8.07. The number of para-hydroxylation sites is 2. The van der Waals surface area contributed by atoms with E-state index in [2.05, 4.69) is 26.1 Å². The van der Waals surface area contributed by atoms with Gasteiger partial charge in [-0.25, -0.2) is 0 Å². The first-order chi connectivity index (χ1) is 13.5. The molecule has 0 spiro atoms. The van der Waals surface area contributed by atoms with Crippen molar-refractivity contribution >= 4 is 34.0 Å². The van der Waals surface area contributed by atoms with Gasteiger partial charge in [-0.3, -0.25) is 20.3 Å². The summed E-state index contributed by atoms with van der Waals surface area (Å²) in [5.41, 5.74) is 4.42. The highest BCUT2D eigenvalue weighted by Gasteiger charge is 2.17. The zero-order valence-corrected chi connectivity index (χ0v) is 15.8. The van der Waals surface area contributed by atoms with Crippen molar-refractivity contribution in [3.8, 4) is 5.69 Å². The Bertz CT molecular complexity index is 1050. The molecule has 3 aromatic rings.